The van der Waals surface area contributed by atoms with Crippen LogP contribution >= 0.6 is 23.2 Å². The lowest BCUT2D eigenvalue weighted by Crippen LogP contribution is -2.42. The van der Waals surface area contributed by atoms with E-state index < -0.39 is 0 Å². The molecule has 2 aliphatic rings. The first-order chi connectivity index (χ1) is 18.0. The van der Waals surface area contributed by atoms with E-state index in [2.05, 4.69) is 20.8 Å². The molecular formula is C29H28Cl2N4O2. The number of ether oxygens (including phenoxy) is 1. The van der Waals surface area contributed by atoms with E-state index in [1.54, 1.807) is 24.5 Å². The zero-order chi connectivity index (χ0) is 25.8. The van der Waals surface area contributed by atoms with E-state index in [-0.39, 0.29) is 23.7 Å². The highest BCUT2D eigenvalue weighted by atomic mass is 35.5. The van der Waals surface area contributed by atoms with Crippen molar-refractivity contribution in [3.05, 3.63) is 82.1 Å². The van der Waals surface area contributed by atoms with Crippen LogP contribution in [0.1, 0.15) is 29.9 Å². The summed E-state index contributed by atoms with van der Waals surface area (Å²) in [5.74, 6) is 4.57. The number of piperidine rings is 1. The maximum atomic E-state index is 13.6. The van der Waals surface area contributed by atoms with Gasteiger partial charge < -0.3 is 14.5 Å². The van der Waals surface area contributed by atoms with E-state index in [1.807, 2.05) is 41.3 Å². The van der Waals surface area contributed by atoms with Gasteiger partial charge in [-0.1, -0.05) is 41.3 Å². The number of benzene rings is 1. The second-order valence-electron chi connectivity index (χ2n) is 9.60. The van der Waals surface area contributed by atoms with E-state index in [1.165, 1.54) is 0 Å². The maximum absolute atomic E-state index is 13.6. The summed E-state index contributed by atoms with van der Waals surface area (Å²) in [7, 11) is 0. The molecule has 2 fully saturated rings. The van der Waals surface area contributed by atoms with Gasteiger partial charge in [0.1, 0.15) is 5.82 Å². The molecule has 0 N–H and O–H groups in total. The summed E-state index contributed by atoms with van der Waals surface area (Å²) in [5, 5.41) is 1.26. The van der Waals surface area contributed by atoms with E-state index in [4.69, 9.17) is 34.4 Å². The zero-order valence-corrected chi connectivity index (χ0v) is 21.9. The quantitative estimate of drug-likeness (QED) is 0.401. The molecule has 190 valence electrons. The lowest BCUT2D eigenvalue weighted by Gasteiger charge is -2.34. The van der Waals surface area contributed by atoms with Gasteiger partial charge in [0, 0.05) is 73.0 Å². The molecule has 4 heterocycles. The highest BCUT2D eigenvalue weighted by Gasteiger charge is 2.39. The van der Waals surface area contributed by atoms with Crippen molar-refractivity contribution in [3.63, 3.8) is 0 Å². The summed E-state index contributed by atoms with van der Waals surface area (Å²) >= 11 is 12.1. The molecule has 1 unspecified atom stereocenters. The Morgan fingerprint density at radius 3 is 2.49 bits per heavy atom. The Morgan fingerprint density at radius 1 is 1.03 bits per heavy atom. The number of hydrogen-bond acceptors (Lipinski definition) is 5. The average Bonchev–Trinajstić information content (AvgIpc) is 3.37. The van der Waals surface area contributed by atoms with Crippen molar-refractivity contribution in [1.29, 1.82) is 0 Å². The van der Waals surface area contributed by atoms with Gasteiger partial charge in [0.2, 0.25) is 11.8 Å². The van der Waals surface area contributed by atoms with Gasteiger partial charge in [-0.2, -0.15) is 0 Å². The minimum atomic E-state index is -0.00414. The van der Waals surface area contributed by atoms with Crippen LogP contribution in [0.25, 0.3) is 0 Å². The van der Waals surface area contributed by atoms with Crippen LogP contribution in [-0.4, -0.2) is 53.6 Å². The average molecular weight is 535 g/mol. The molecule has 2 aliphatic heterocycles. The summed E-state index contributed by atoms with van der Waals surface area (Å²) in [4.78, 5) is 26.5. The molecule has 37 heavy (non-hydrogen) atoms. The van der Waals surface area contributed by atoms with E-state index in [9.17, 15) is 4.79 Å². The Balaban J connectivity index is 1.24. The number of halogens is 2. The number of nitrogens with zero attached hydrogens (tertiary/aromatic N) is 4. The van der Waals surface area contributed by atoms with Crippen LogP contribution in [0.5, 0.6) is 5.88 Å². The Labute approximate surface area is 227 Å². The van der Waals surface area contributed by atoms with Crippen LogP contribution in [0.15, 0.2) is 60.9 Å². The first kappa shape index (κ1) is 25.4. The van der Waals surface area contributed by atoms with Crippen LogP contribution < -0.4 is 9.64 Å². The number of hydrogen-bond donors (Lipinski definition) is 0. The molecule has 0 spiro atoms. The van der Waals surface area contributed by atoms with Crippen LogP contribution in [0.2, 0.25) is 10.0 Å². The number of aromatic nitrogens is 2. The summed E-state index contributed by atoms with van der Waals surface area (Å²) in [5.41, 5.74) is 1.97. The van der Waals surface area contributed by atoms with Gasteiger partial charge in [-0.3, -0.25) is 4.79 Å². The molecule has 2 aromatic heterocycles. The molecule has 1 amide bonds. The molecule has 6 nitrogen and oxygen atoms in total. The van der Waals surface area contributed by atoms with Crippen LogP contribution in [0, 0.1) is 24.2 Å². The van der Waals surface area contributed by atoms with E-state index in [0.717, 1.165) is 42.9 Å². The van der Waals surface area contributed by atoms with Gasteiger partial charge in [-0.05, 0) is 48.7 Å². The van der Waals surface area contributed by atoms with Crippen LogP contribution in [0.3, 0.4) is 0 Å². The smallest absolute Gasteiger partial charge is 0.225 e. The highest BCUT2D eigenvalue weighted by molar-refractivity contribution is 6.30. The number of carbonyl (C=O) groups is 1. The Bertz CT molecular complexity index is 1270. The maximum Gasteiger partial charge on any atom is 0.225 e. The first-order valence-corrected chi connectivity index (χ1v) is 13.2. The minimum Gasteiger partial charge on any atom is -0.477 e. The van der Waals surface area contributed by atoms with Crippen molar-refractivity contribution in [1.82, 2.24) is 14.9 Å². The number of carbonyl (C=O) groups excluding carboxylic acids is 1. The summed E-state index contributed by atoms with van der Waals surface area (Å²) in [6, 6.07) is 15.2. The van der Waals surface area contributed by atoms with Crippen molar-refractivity contribution in [2.45, 2.75) is 18.8 Å². The molecular weight excluding hydrogens is 507 g/mol. The van der Waals surface area contributed by atoms with Gasteiger partial charge in [-0.25, -0.2) is 9.97 Å². The van der Waals surface area contributed by atoms with Gasteiger partial charge in [0.25, 0.3) is 0 Å². The second-order valence-corrected chi connectivity index (χ2v) is 10.5. The topological polar surface area (TPSA) is 58.6 Å². The van der Waals surface area contributed by atoms with Crippen molar-refractivity contribution in [2.75, 3.05) is 37.7 Å². The molecule has 2 saturated heterocycles. The van der Waals surface area contributed by atoms with Gasteiger partial charge in [0.05, 0.1) is 11.6 Å². The third kappa shape index (κ3) is 6.01. The minimum absolute atomic E-state index is 0.00414. The third-order valence-corrected chi connectivity index (χ3v) is 7.75. The van der Waals surface area contributed by atoms with Crippen molar-refractivity contribution in [3.8, 4) is 18.2 Å². The first-order valence-electron chi connectivity index (χ1n) is 12.5. The molecule has 0 aliphatic carbocycles. The predicted octanol–water partition coefficient (Wildman–Crippen LogP) is 5.30. The van der Waals surface area contributed by atoms with E-state index >= 15 is 0 Å². The van der Waals surface area contributed by atoms with Gasteiger partial charge in [0.15, 0.2) is 0 Å². The lowest BCUT2D eigenvalue weighted by atomic mass is 9.89. The molecule has 0 radical (unpaired) electrons. The molecule has 5 rings (SSSR count). The highest BCUT2D eigenvalue weighted by Crippen LogP contribution is 2.36. The standard InChI is InChI=1S/C29H28Cl2N4O2/c1-2-20-9-12-32-27(15-20)34-13-10-22(11-14-34)29(36)35-17-23(19-37-28-8-7-25(31)16-33-28)26(18-35)21-3-5-24(30)6-4-21/h1,3-9,12,15-16,22-23,26H,10-11,13-14,17-19H2/t23?,26-/m1/s1. The fourth-order valence-corrected chi connectivity index (χ4v) is 5.48. The van der Waals surface area contributed by atoms with Crippen molar-refractivity contribution in [2.24, 2.45) is 11.8 Å². The summed E-state index contributed by atoms with van der Waals surface area (Å²) in [6.07, 6.45) is 10.4. The number of amides is 1. The molecule has 8 heteroatoms. The number of likely N-dealkylation sites (tertiary alicyclic amines) is 1. The monoisotopic (exact) mass is 534 g/mol. The summed E-state index contributed by atoms with van der Waals surface area (Å²) < 4.78 is 6.01. The molecule has 0 saturated carbocycles. The largest absolute Gasteiger partial charge is 0.477 e. The fraction of sp³-hybridized carbons (Fsp3) is 0.345. The zero-order valence-electron chi connectivity index (χ0n) is 20.4. The molecule has 0 bridgehead atoms. The van der Waals surface area contributed by atoms with Crippen LogP contribution in [-0.2, 0) is 4.79 Å². The number of rotatable bonds is 6. The molecule has 3 aromatic rings. The molecule has 2 atom stereocenters. The van der Waals surface area contributed by atoms with Crippen LogP contribution in [0.4, 0.5) is 5.82 Å². The number of terminal acetylenes is 1. The second kappa shape index (κ2) is 11.4. The Morgan fingerprint density at radius 2 is 1.78 bits per heavy atom. The Hall–Kier alpha value is -3.27. The van der Waals surface area contributed by atoms with Crippen molar-refractivity contribution < 1.29 is 9.53 Å². The van der Waals surface area contributed by atoms with Gasteiger partial charge >= 0.3 is 0 Å². The summed E-state index contributed by atoms with van der Waals surface area (Å²) in [6.45, 7) is 3.32. The predicted molar refractivity (Wildman–Crippen MR) is 146 cm³/mol. The normalized spacial score (nSPS) is 20.0. The Kier molecular flexibility index (Phi) is 7.83. The third-order valence-electron chi connectivity index (χ3n) is 7.28. The lowest BCUT2D eigenvalue weighted by molar-refractivity contribution is -0.135. The fourth-order valence-electron chi connectivity index (χ4n) is 5.24. The number of anilines is 1. The SMILES string of the molecule is C#Cc1ccnc(N2CCC(C(=O)N3CC(COc4ccc(Cl)cn4)[C@@H](c4ccc(Cl)cc4)C3)CC2)c1. The van der Waals surface area contributed by atoms with Crippen molar-refractivity contribution >= 4 is 34.9 Å². The molecule has 1 aromatic carbocycles. The van der Waals surface area contributed by atoms with Gasteiger partial charge in [-0.15, -0.1) is 6.42 Å². The van der Waals surface area contributed by atoms with E-state index in [0.29, 0.717) is 35.6 Å². The number of pyridine rings is 2.